The van der Waals surface area contributed by atoms with Crippen LogP contribution in [-0.4, -0.2) is 49.7 Å². The van der Waals surface area contributed by atoms with Crippen molar-refractivity contribution in [2.24, 2.45) is 0 Å². The predicted molar refractivity (Wildman–Crippen MR) is 110 cm³/mol. The molecule has 1 atom stereocenters. The minimum atomic E-state index is -0.604. The molecule has 0 radical (unpaired) electrons. The van der Waals surface area contributed by atoms with Gasteiger partial charge in [0.25, 0.3) is 11.8 Å². The molecule has 1 aromatic heterocycles. The predicted octanol–water partition coefficient (Wildman–Crippen LogP) is 3.25. The Labute approximate surface area is 169 Å². The maximum absolute atomic E-state index is 13.1. The van der Waals surface area contributed by atoms with Gasteiger partial charge in [-0.3, -0.25) is 9.59 Å². The molecule has 2 aromatic rings. The fraction of sp³-hybridized carbons (Fsp3) is 0.429. The second kappa shape index (κ2) is 9.32. The topological polar surface area (TPSA) is 67.9 Å². The molecular weight excluding hydrogens is 376 g/mol. The summed E-state index contributed by atoms with van der Waals surface area (Å²) in [5, 5.41) is 4.95. The number of hydrogen-bond donors (Lipinski definition) is 1. The highest BCUT2D eigenvalue weighted by Gasteiger charge is 2.24. The Morgan fingerprint density at radius 2 is 2.11 bits per heavy atom. The lowest BCUT2D eigenvalue weighted by Crippen LogP contribution is -2.36. The third kappa shape index (κ3) is 4.60. The summed E-state index contributed by atoms with van der Waals surface area (Å²) in [4.78, 5) is 28.7. The van der Waals surface area contributed by atoms with Crippen LogP contribution in [0.2, 0.25) is 0 Å². The Morgan fingerprint density at radius 3 is 2.89 bits per heavy atom. The van der Waals surface area contributed by atoms with Gasteiger partial charge in [0.1, 0.15) is 6.10 Å². The molecule has 0 bridgehead atoms. The van der Waals surface area contributed by atoms with E-state index in [1.54, 1.807) is 37.5 Å². The molecule has 1 aliphatic rings. The maximum Gasteiger partial charge on any atom is 0.254 e. The van der Waals surface area contributed by atoms with Crippen LogP contribution in [0, 0.1) is 6.92 Å². The van der Waals surface area contributed by atoms with Crippen LogP contribution in [0.15, 0.2) is 29.6 Å². The molecule has 7 heteroatoms. The second-order valence-electron chi connectivity index (χ2n) is 6.82. The smallest absolute Gasteiger partial charge is 0.254 e. The fourth-order valence-electron chi connectivity index (χ4n) is 3.21. The van der Waals surface area contributed by atoms with Gasteiger partial charge >= 0.3 is 0 Å². The largest absolute Gasteiger partial charge is 0.382 e. The van der Waals surface area contributed by atoms with Crippen molar-refractivity contribution < 1.29 is 19.1 Å². The fourth-order valence-corrected chi connectivity index (χ4v) is 4.10. The summed E-state index contributed by atoms with van der Waals surface area (Å²) in [5.41, 5.74) is 3.24. The number of carbonyl (C=O) groups excluding carboxylic acids is 2. The van der Waals surface area contributed by atoms with Crippen molar-refractivity contribution in [1.29, 1.82) is 0 Å². The van der Waals surface area contributed by atoms with Crippen LogP contribution in [0.1, 0.15) is 33.3 Å². The minimum absolute atomic E-state index is 0.00478. The summed E-state index contributed by atoms with van der Waals surface area (Å²) in [6, 6.07) is 7.51. The Bertz CT molecular complexity index is 849. The van der Waals surface area contributed by atoms with Crippen molar-refractivity contribution >= 4 is 28.8 Å². The van der Waals surface area contributed by atoms with Crippen LogP contribution < -0.4 is 5.32 Å². The summed E-state index contributed by atoms with van der Waals surface area (Å²) in [5.74, 6) is -0.250. The first-order chi connectivity index (χ1) is 13.5. The number of hydrogen-bond acceptors (Lipinski definition) is 5. The molecule has 2 amide bonds. The van der Waals surface area contributed by atoms with Gasteiger partial charge in [-0.15, -0.1) is 11.3 Å². The van der Waals surface area contributed by atoms with Crippen LogP contribution in [0.25, 0.3) is 0 Å². The van der Waals surface area contributed by atoms with Crippen molar-refractivity contribution in [2.75, 3.05) is 32.2 Å². The minimum Gasteiger partial charge on any atom is -0.382 e. The van der Waals surface area contributed by atoms with Gasteiger partial charge in [-0.05, 0) is 55.0 Å². The third-order valence-corrected chi connectivity index (χ3v) is 5.96. The molecule has 2 heterocycles. The summed E-state index contributed by atoms with van der Waals surface area (Å²) < 4.78 is 10.4. The molecule has 150 valence electrons. The maximum atomic E-state index is 13.1. The highest BCUT2D eigenvalue weighted by atomic mass is 32.1. The lowest BCUT2D eigenvalue weighted by molar-refractivity contribution is -0.127. The number of methoxy groups -OCH3 is 1. The van der Waals surface area contributed by atoms with Gasteiger partial charge in [0, 0.05) is 36.3 Å². The van der Waals surface area contributed by atoms with Gasteiger partial charge in [-0.25, -0.2) is 0 Å². The second-order valence-corrected chi connectivity index (χ2v) is 7.82. The van der Waals surface area contributed by atoms with E-state index >= 15 is 0 Å². The zero-order valence-corrected chi connectivity index (χ0v) is 17.3. The van der Waals surface area contributed by atoms with E-state index in [1.807, 2.05) is 17.9 Å². The van der Waals surface area contributed by atoms with Crippen LogP contribution in [0.5, 0.6) is 0 Å². The van der Waals surface area contributed by atoms with Gasteiger partial charge < -0.3 is 19.7 Å². The number of carbonyl (C=O) groups is 2. The molecule has 0 fully saturated rings. The zero-order valence-electron chi connectivity index (χ0n) is 16.5. The number of thiophene rings is 1. The standard InChI is InChI=1S/C21H26N2O4S/c1-14-17(21(25)23-9-7-19-16(13-23)8-12-28-19)5-4-6-18(14)22-20(24)15(2)27-11-10-26-3/h4-6,8,12,15H,7,9-11,13H2,1-3H3,(H,22,24). The molecule has 1 aromatic carbocycles. The van der Waals surface area contributed by atoms with E-state index in [0.717, 1.165) is 12.0 Å². The van der Waals surface area contributed by atoms with E-state index in [4.69, 9.17) is 9.47 Å². The number of fused-ring (bicyclic) bond motifs is 1. The molecular formula is C21H26N2O4S. The molecule has 1 N–H and O–H groups in total. The first-order valence-electron chi connectivity index (χ1n) is 9.36. The summed E-state index contributed by atoms with van der Waals surface area (Å²) in [6.07, 6.45) is 0.290. The van der Waals surface area contributed by atoms with Crippen molar-refractivity contribution in [3.8, 4) is 0 Å². The molecule has 0 aliphatic carbocycles. The summed E-state index contributed by atoms with van der Waals surface area (Å²) in [6.45, 7) is 5.69. The SMILES string of the molecule is COCCOC(C)C(=O)Nc1cccc(C(=O)N2CCc3sccc3C2)c1C. The Hall–Kier alpha value is -2.22. The van der Waals surface area contributed by atoms with Gasteiger partial charge in [-0.2, -0.15) is 0 Å². The van der Waals surface area contributed by atoms with E-state index in [0.29, 0.717) is 37.6 Å². The van der Waals surface area contributed by atoms with E-state index < -0.39 is 6.10 Å². The first kappa shape index (κ1) is 20.5. The molecule has 1 aliphatic heterocycles. The van der Waals surface area contributed by atoms with Gasteiger partial charge in [-0.1, -0.05) is 6.07 Å². The number of amides is 2. The normalized spacial score (nSPS) is 14.5. The number of ether oxygens (including phenoxy) is 2. The van der Waals surface area contributed by atoms with Gasteiger partial charge in [0.2, 0.25) is 0 Å². The van der Waals surface area contributed by atoms with E-state index in [-0.39, 0.29) is 11.8 Å². The number of benzene rings is 1. The quantitative estimate of drug-likeness (QED) is 0.722. The Balaban J connectivity index is 1.69. The molecule has 0 saturated carbocycles. The van der Waals surface area contributed by atoms with Crippen LogP contribution in [-0.2, 0) is 27.2 Å². The molecule has 0 saturated heterocycles. The van der Waals surface area contributed by atoms with Crippen LogP contribution >= 0.6 is 11.3 Å². The zero-order chi connectivity index (χ0) is 20.1. The summed E-state index contributed by atoms with van der Waals surface area (Å²) >= 11 is 1.75. The summed E-state index contributed by atoms with van der Waals surface area (Å²) in [7, 11) is 1.58. The number of nitrogens with one attached hydrogen (secondary N) is 1. The van der Waals surface area contributed by atoms with Crippen LogP contribution in [0.3, 0.4) is 0 Å². The van der Waals surface area contributed by atoms with E-state index in [9.17, 15) is 9.59 Å². The van der Waals surface area contributed by atoms with E-state index in [1.165, 1.54) is 10.4 Å². The first-order valence-corrected chi connectivity index (χ1v) is 10.2. The van der Waals surface area contributed by atoms with Crippen molar-refractivity contribution in [3.05, 3.63) is 51.2 Å². The molecule has 0 spiro atoms. The molecule has 28 heavy (non-hydrogen) atoms. The number of rotatable bonds is 7. The molecule has 3 rings (SSSR count). The highest BCUT2D eigenvalue weighted by Crippen LogP contribution is 2.27. The van der Waals surface area contributed by atoms with Crippen molar-refractivity contribution in [1.82, 2.24) is 4.90 Å². The lowest BCUT2D eigenvalue weighted by atomic mass is 10.0. The molecule has 6 nitrogen and oxygen atoms in total. The van der Waals surface area contributed by atoms with E-state index in [2.05, 4.69) is 16.8 Å². The molecule has 1 unspecified atom stereocenters. The lowest BCUT2D eigenvalue weighted by Gasteiger charge is -2.28. The van der Waals surface area contributed by atoms with Crippen LogP contribution in [0.4, 0.5) is 5.69 Å². The Kier molecular flexibility index (Phi) is 6.83. The van der Waals surface area contributed by atoms with Gasteiger partial charge in [0.15, 0.2) is 0 Å². The average molecular weight is 403 g/mol. The number of nitrogens with zero attached hydrogens (tertiary/aromatic N) is 1. The highest BCUT2D eigenvalue weighted by molar-refractivity contribution is 7.10. The average Bonchev–Trinajstić information content (AvgIpc) is 3.17. The monoisotopic (exact) mass is 402 g/mol. The third-order valence-electron chi connectivity index (χ3n) is 4.94. The van der Waals surface area contributed by atoms with Crippen molar-refractivity contribution in [3.63, 3.8) is 0 Å². The number of anilines is 1. The van der Waals surface area contributed by atoms with Crippen molar-refractivity contribution in [2.45, 2.75) is 32.9 Å². The Morgan fingerprint density at radius 1 is 1.29 bits per heavy atom. The van der Waals surface area contributed by atoms with Gasteiger partial charge in [0.05, 0.1) is 13.2 Å².